The molecule has 2 aromatic rings. The lowest BCUT2D eigenvalue weighted by Crippen LogP contribution is -2.54. The molecule has 1 saturated heterocycles. The summed E-state index contributed by atoms with van der Waals surface area (Å²) in [5.74, 6) is -0.449. The second kappa shape index (κ2) is 8.71. The van der Waals surface area contributed by atoms with Crippen LogP contribution in [0.3, 0.4) is 0 Å². The number of hydrogen-bond donors (Lipinski definition) is 0. The summed E-state index contributed by atoms with van der Waals surface area (Å²) in [4.78, 5) is 22.3. The van der Waals surface area contributed by atoms with E-state index in [9.17, 15) is 9.18 Å². The molecule has 0 N–H and O–H groups in total. The van der Waals surface area contributed by atoms with E-state index >= 15 is 0 Å². The van der Waals surface area contributed by atoms with E-state index in [1.807, 2.05) is 0 Å². The van der Waals surface area contributed by atoms with Gasteiger partial charge in [-0.3, -0.25) is 4.79 Å². The Morgan fingerprint density at radius 1 is 1.27 bits per heavy atom. The first kappa shape index (κ1) is 18.3. The van der Waals surface area contributed by atoms with E-state index in [0.29, 0.717) is 18.5 Å². The molecule has 0 aliphatic carbocycles. The Morgan fingerprint density at radius 3 is 2.77 bits per heavy atom. The Kier molecular flexibility index (Phi) is 6.12. The number of aromatic nitrogens is 2. The molecule has 2 atom stereocenters. The number of methoxy groups -OCH3 is 1. The van der Waals surface area contributed by atoms with Crippen LogP contribution in [0, 0.1) is 5.82 Å². The van der Waals surface area contributed by atoms with Gasteiger partial charge in [0.15, 0.2) is 6.61 Å². The SMILES string of the molecule is CO[C@H]1CCCN(C(=O)COc2ncccn2)[C@H]1Cc1ccccc1F. The van der Waals surface area contributed by atoms with Crippen molar-refractivity contribution in [2.45, 2.75) is 31.4 Å². The average Bonchev–Trinajstić information content (AvgIpc) is 2.68. The number of carbonyl (C=O) groups excluding carboxylic acids is 1. The molecule has 26 heavy (non-hydrogen) atoms. The maximum Gasteiger partial charge on any atom is 0.316 e. The second-order valence-electron chi connectivity index (χ2n) is 6.19. The van der Waals surface area contributed by atoms with Crippen molar-refractivity contribution in [1.29, 1.82) is 0 Å². The van der Waals surface area contributed by atoms with Crippen molar-refractivity contribution in [3.8, 4) is 6.01 Å². The van der Waals surface area contributed by atoms with Crippen LogP contribution in [0.5, 0.6) is 6.01 Å². The number of halogens is 1. The fourth-order valence-corrected chi connectivity index (χ4v) is 3.31. The van der Waals surface area contributed by atoms with Gasteiger partial charge in [0.25, 0.3) is 5.91 Å². The summed E-state index contributed by atoms with van der Waals surface area (Å²) in [5.41, 5.74) is 0.576. The number of ether oxygens (including phenoxy) is 2. The summed E-state index contributed by atoms with van der Waals surface area (Å²) < 4.78 is 25.0. The Balaban J connectivity index is 1.72. The average molecular weight is 359 g/mol. The molecule has 7 heteroatoms. The van der Waals surface area contributed by atoms with Crippen LogP contribution in [-0.4, -0.2) is 53.2 Å². The highest BCUT2D eigenvalue weighted by Gasteiger charge is 2.35. The predicted molar refractivity (Wildman–Crippen MR) is 93.2 cm³/mol. The highest BCUT2D eigenvalue weighted by Crippen LogP contribution is 2.24. The van der Waals surface area contributed by atoms with Crippen LogP contribution in [0.1, 0.15) is 18.4 Å². The van der Waals surface area contributed by atoms with E-state index in [2.05, 4.69) is 9.97 Å². The predicted octanol–water partition coefficient (Wildman–Crippen LogP) is 2.24. The zero-order valence-electron chi connectivity index (χ0n) is 14.7. The van der Waals surface area contributed by atoms with Crippen molar-refractivity contribution >= 4 is 5.91 Å². The third-order valence-electron chi connectivity index (χ3n) is 4.59. The Hall–Kier alpha value is -2.54. The maximum absolute atomic E-state index is 14.1. The number of nitrogens with zero attached hydrogens (tertiary/aromatic N) is 3. The first-order valence-corrected chi connectivity index (χ1v) is 8.64. The van der Waals surface area contributed by atoms with Crippen molar-refractivity contribution in [1.82, 2.24) is 14.9 Å². The van der Waals surface area contributed by atoms with Gasteiger partial charge in [0, 0.05) is 26.0 Å². The number of likely N-dealkylation sites (tertiary alicyclic amines) is 1. The van der Waals surface area contributed by atoms with Crippen molar-refractivity contribution in [3.05, 3.63) is 54.1 Å². The zero-order valence-corrected chi connectivity index (χ0v) is 14.7. The third-order valence-corrected chi connectivity index (χ3v) is 4.59. The molecule has 0 bridgehead atoms. The summed E-state index contributed by atoms with van der Waals surface area (Å²) in [6, 6.07) is 8.22. The van der Waals surface area contributed by atoms with Crippen molar-refractivity contribution in [2.75, 3.05) is 20.3 Å². The van der Waals surface area contributed by atoms with E-state index < -0.39 is 0 Å². The second-order valence-corrected chi connectivity index (χ2v) is 6.19. The highest BCUT2D eigenvalue weighted by molar-refractivity contribution is 5.78. The highest BCUT2D eigenvalue weighted by atomic mass is 19.1. The normalized spacial score (nSPS) is 20.0. The van der Waals surface area contributed by atoms with E-state index in [-0.39, 0.29) is 36.5 Å². The molecule has 1 amide bonds. The zero-order chi connectivity index (χ0) is 18.4. The summed E-state index contributed by atoms with van der Waals surface area (Å²) in [7, 11) is 1.63. The monoisotopic (exact) mass is 359 g/mol. The fourth-order valence-electron chi connectivity index (χ4n) is 3.31. The van der Waals surface area contributed by atoms with Gasteiger partial charge < -0.3 is 14.4 Å². The Morgan fingerprint density at radius 2 is 2.04 bits per heavy atom. The lowest BCUT2D eigenvalue weighted by molar-refractivity contribution is -0.142. The lowest BCUT2D eigenvalue weighted by Gasteiger charge is -2.40. The summed E-state index contributed by atoms with van der Waals surface area (Å²) >= 11 is 0. The van der Waals surface area contributed by atoms with Gasteiger partial charge in [-0.1, -0.05) is 18.2 Å². The third kappa shape index (κ3) is 4.35. The van der Waals surface area contributed by atoms with Crippen molar-refractivity contribution < 1.29 is 18.7 Å². The molecule has 2 heterocycles. The summed E-state index contributed by atoms with van der Waals surface area (Å²) in [5, 5.41) is 0. The van der Waals surface area contributed by atoms with Gasteiger partial charge in [-0.05, 0) is 37.0 Å². The first-order chi connectivity index (χ1) is 12.7. The summed E-state index contributed by atoms with van der Waals surface area (Å²) in [6.45, 7) is 0.436. The van der Waals surface area contributed by atoms with E-state index in [0.717, 1.165) is 12.8 Å². The van der Waals surface area contributed by atoms with Crippen LogP contribution >= 0.6 is 0 Å². The molecule has 0 spiro atoms. The van der Waals surface area contributed by atoms with Crippen molar-refractivity contribution in [2.24, 2.45) is 0 Å². The number of hydrogen-bond acceptors (Lipinski definition) is 5. The quantitative estimate of drug-likeness (QED) is 0.791. The van der Waals surface area contributed by atoms with Crippen molar-refractivity contribution in [3.63, 3.8) is 0 Å². The number of rotatable bonds is 6. The van der Waals surface area contributed by atoms with Crippen LogP contribution < -0.4 is 4.74 Å². The topological polar surface area (TPSA) is 64.5 Å². The van der Waals surface area contributed by atoms with Gasteiger partial charge in [0.1, 0.15) is 5.82 Å². The molecule has 0 radical (unpaired) electrons. The van der Waals surface area contributed by atoms with Crippen LogP contribution in [-0.2, 0) is 16.0 Å². The molecule has 1 fully saturated rings. The number of carbonyl (C=O) groups is 1. The molecule has 6 nitrogen and oxygen atoms in total. The molecule has 138 valence electrons. The minimum Gasteiger partial charge on any atom is -0.453 e. The van der Waals surface area contributed by atoms with E-state index in [4.69, 9.17) is 9.47 Å². The van der Waals surface area contributed by atoms with Crippen LogP contribution in [0.2, 0.25) is 0 Å². The van der Waals surface area contributed by atoms with E-state index in [1.54, 1.807) is 48.7 Å². The Labute approximate surface area is 152 Å². The van der Waals surface area contributed by atoms with Crippen LogP contribution in [0.4, 0.5) is 4.39 Å². The molecule has 1 aliphatic rings. The molecular formula is C19H22FN3O3. The van der Waals surface area contributed by atoms with Crippen LogP contribution in [0.25, 0.3) is 0 Å². The number of piperidine rings is 1. The minimum absolute atomic E-state index is 0.139. The molecule has 1 aromatic carbocycles. The van der Waals surface area contributed by atoms with Gasteiger partial charge in [-0.25, -0.2) is 14.4 Å². The van der Waals surface area contributed by atoms with Gasteiger partial charge in [-0.2, -0.15) is 0 Å². The van der Waals surface area contributed by atoms with Gasteiger partial charge >= 0.3 is 6.01 Å². The number of benzene rings is 1. The number of amides is 1. The van der Waals surface area contributed by atoms with E-state index in [1.165, 1.54) is 6.07 Å². The van der Waals surface area contributed by atoms with Gasteiger partial charge in [-0.15, -0.1) is 0 Å². The Bertz CT molecular complexity index is 729. The minimum atomic E-state index is -0.269. The first-order valence-electron chi connectivity index (χ1n) is 8.64. The van der Waals surface area contributed by atoms with Crippen LogP contribution in [0.15, 0.2) is 42.7 Å². The molecule has 3 rings (SSSR count). The molecule has 0 unspecified atom stereocenters. The fraction of sp³-hybridized carbons (Fsp3) is 0.421. The summed E-state index contributed by atoms with van der Waals surface area (Å²) in [6.07, 6.45) is 5.03. The van der Waals surface area contributed by atoms with Gasteiger partial charge in [0.05, 0.1) is 12.1 Å². The standard InChI is InChI=1S/C19H22FN3O3/c1-25-17-8-4-11-23(16(17)12-14-6-2-3-7-15(14)20)18(24)13-26-19-21-9-5-10-22-19/h2-3,5-7,9-10,16-17H,4,8,11-13H2,1H3/t16-,17-/m0/s1. The molecule has 1 aromatic heterocycles. The molecule has 0 saturated carbocycles. The lowest BCUT2D eigenvalue weighted by atomic mass is 9.92. The maximum atomic E-state index is 14.1. The van der Waals surface area contributed by atoms with Gasteiger partial charge in [0.2, 0.25) is 0 Å². The molecular weight excluding hydrogens is 337 g/mol. The smallest absolute Gasteiger partial charge is 0.316 e. The largest absolute Gasteiger partial charge is 0.453 e. The molecule has 1 aliphatic heterocycles.